The Balaban J connectivity index is 1.75. The summed E-state index contributed by atoms with van der Waals surface area (Å²) in [4.78, 5) is 23.6. The highest BCUT2D eigenvalue weighted by Crippen LogP contribution is 2.07. The van der Waals surface area contributed by atoms with Crippen LogP contribution in [0.4, 0.5) is 0 Å². The van der Waals surface area contributed by atoms with Gasteiger partial charge in [-0.25, -0.2) is 9.78 Å². The number of rotatable bonds is 6. The number of hydrogen-bond acceptors (Lipinski definition) is 5. The number of carbonyl (C=O) groups is 1. The van der Waals surface area contributed by atoms with Crippen molar-refractivity contribution in [3.8, 4) is 0 Å². The molecular formula is C15H17N3O2. The van der Waals surface area contributed by atoms with Crippen molar-refractivity contribution in [1.82, 2.24) is 15.0 Å². The van der Waals surface area contributed by atoms with Gasteiger partial charge < -0.3 is 4.74 Å². The van der Waals surface area contributed by atoms with Gasteiger partial charge in [0.2, 0.25) is 0 Å². The van der Waals surface area contributed by atoms with Crippen molar-refractivity contribution in [1.29, 1.82) is 0 Å². The molecule has 2 aromatic heterocycles. The number of esters is 1. The number of unbranched alkanes of at least 4 members (excludes halogenated alkanes) is 1. The monoisotopic (exact) mass is 271 g/mol. The summed E-state index contributed by atoms with van der Waals surface area (Å²) >= 11 is 0. The minimum Gasteiger partial charge on any atom is -0.464 e. The average molecular weight is 271 g/mol. The van der Waals surface area contributed by atoms with E-state index in [-0.39, 0.29) is 5.69 Å². The summed E-state index contributed by atoms with van der Waals surface area (Å²) in [6.07, 6.45) is 10.7. The van der Waals surface area contributed by atoms with Crippen LogP contribution < -0.4 is 0 Å². The lowest BCUT2D eigenvalue weighted by atomic mass is 10.1. The minimum absolute atomic E-state index is 0.242. The normalized spacial score (nSPS) is 10.2. The van der Waals surface area contributed by atoms with Crippen LogP contribution in [0.1, 0.15) is 34.6 Å². The molecule has 0 N–H and O–H groups in total. The first-order valence-electron chi connectivity index (χ1n) is 6.57. The molecule has 0 radical (unpaired) electrons. The summed E-state index contributed by atoms with van der Waals surface area (Å²) in [5.74, 6) is -0.458. The third-order valence-electron chi connectivity index (χ3n) is 2.97. The van der Waals surface area contributed by atoms with Crippen molar-refractivity contribution in [3.63, 3.8) is 0 Å². The molecule has 0 saturated carbocycles. The number of nitrogens with zero attached hydrogens (tertiary/aromatic N) is 3. The number of pyridine rings is 1. The summed E-state index contributed by atoms with van der Waals surface area (Å²) in [6, 6.07) is 4.03. The van der Waals surface area contributed by atoms with Gasteiger partial charge in [0.25, 0.3) is 0 Å². The van der Waals surface area contributed by atoms with Crippen molar-refractivity contribution >= 4 is 5.97 Å². The highest BCUT2D eigenvalue weighted by molar-refractivity contribution is 5.86. The van der Waals surface area contributed by atoms with Crippen LogP contribution in [0.25, 0.3) is 0 Å². The van der Waals surface area contributed by atoms with Crippen molar-refractivity contribution in [2.24, 2.45) is 0 Å². The zero-order valence-corrected chi connectivity index (χ0v) is 11.5. The second kappa shape index (κ2) is 7.33. The summed E-state index contributed by atoms with van der Waals surface area (Å²) in [6.45, 7) is 0. The van der Waals surface area contributed by atoms with E-state index in [0.29, 0.717) is 0 Å². The predicted octanol–water partition coefficient (Wildman–Crippen LogP) is 2.22. The smallest absolute Gasteiger partial charge is 0.358 e. The topological polar surface area (TPSA) is 65.0 Å². The van der Waals surface area contributed by atoms with Gasteiger partial charge in [-0.1, -0.05) is 6.07 Å². The first-order valence-corrected chi connectivity index (χ1v) is 6.57. The fourth-order valence-electron chi connectivity index (χ4n) is 1.88. The highest BCUT2D eigenvalue weighted by Gasteiger charge is 2.07. The molecule has 2 rings (SSSR count). The maximum Gasteiger partial charge on any atom is 0.358 e. The molecule has 0 saturated heterocycles. The standard InChI is InChI=1S/C15H17N3O2/c1-20-15(19)14-11-17-13(10-18-14)7-3-2-5-12-6-4-8-16-9-12/h4,6,8-11H,2-3,5,7H2,1H3. The molecule has 2 aromatic rings. The quantitative estimate of drug-likeness (QED) is 0.595. The van der Waals surface area contributed by atoms with E-state index in [2.05, 4.69) is 25.8 Å². The zero-order valence-electron chi connectivity index (χ0n) is 11.5. The summed E-state index contributed by atoms with van der Waals surface area (Å²) in [7, 11) is 1.33. The van der Waals surface area contributed by atoms with E-state index in [4.69, 9.17) is 0 Å². The summed E-state index contributed by atoms with van der Waals surface area (Å²) in [5, 5.41) is 0. The van der Waals surface area contributed by atoms with Crippen molar-refractivity contribution in [2.45, 2.75) is 25.7 Å². The second-order valence-electron chi connectivity index (χ2n) is 4.45. The van der Waals surface area contributed by atoms with Gasteiger partial charge in [-0.2, -0.15) is 0 Å². The molecule has 0 atom stereocenters. The van der Waals surface area contributed by atoms with Gasteiger partial charge in [-0.05, 0) is 37.3 Å². The number of carbonyl (C=O) groups excluding carboxylic acids is 1. The Morgan fingerprint density at radius 3 is 2.65 bits per heavy atom. The Morgan fingerprint density at radius 2 is 2.00 bits per heavy atom. The number of aryl methyl sites for hydroxylation is 2. The molecule has 0 spiro atoms. The molecule has 104 valence electrons. The van der Waals surface area contributed by atoms with Crippen LogP contribution in [0.5, 0.6) is 0 Å². The maximum atomic E-state index is 11.2. The number of methoxy groups -OCH3 is 1. The van der Waals surface area contributed by atoms with E-state index < -0.39 is 5.97 Å². The van der Waals surface area contributed by atoms with E-state index in [9.17, 15) is 4.79 Å². The average Bonchev–Trinajstić information content (AvgIpc) is 2.52. The molecule has 20 heavy (non-hydrogen) atoms. The van der Waals surface area contributed by atoms with Gasteiger partial charge in [0.05, 0.1) is 19.0 Å². The van der Waals surface area contributed by atoms with Crippen molar-refractivity contribution in [2.75, 3.05) is 7.11 Å². The zero-order chi connectivity index (χ0) is 14.2. The Hall–Kier alpha value is -2.30. The molecule has 0 aliphatic rings. The lowest BCUT2D eigenvalue weighted by molar-refractivity contribution is 0.0593. The van der Waals surface area contributed by atoms with Crippen molar-refractivity contribution < 1.29 is 9.53 Å². The van der Waals surface area contributed by atoms with Gasteiger partial charge >= 0.3 is 5.97 Å². The number of ether oxygens (including phenoxy) is 1. The van der Waals surface area contributed by atoms with E-state index in [1.54, 1.807) is 12.4 Å². The third-order valence-corrected chi connectivity index (χ3v) is 2.97. The van der Waals surface area contributed by atoms with E-state index in [1.165, 1.54) is 18.9 Å². The number of hydrogen-bond donors (Lipinski definition) is 0. The summed E-state index contributed by atoms with van der Waals surface area (Å²) < 4.78 is 4.58. The molecule has 0 bridgehead atoms. The molecule has 5 nitrogen and oxygen atoms in total. The van der Waals surface area contributed by atoms with Crippen LogP contribution >= 0.6 is 0 Å². The van der Waals surface area contributed by atoms with E-state index >= 15 is 0 Å². The van der Waals surface area contributed by atoms with Crippen LogP contribution in [-0.4, -0.2) is 28.0 Å². The lowest BCUT2D eigenvalue weighted by Gasteiger charge is -2.02. The van der Waals surface area contributed by atoms with Gasteiger partial charge in [0.1, 0.15) is 0 Å². The molecule has 0 fully saturated rings. The lowest BCUT2D eigenvalue weighted by Crippen LogP contribution is -2.05. The van der Waals surface area contributed by atoms with Gasteiger partial charge in [0.15, 0.2) is 5.69 Å². The highest BCUT2D eigenvalue weighted by atomic mass is 16.5. The SMILES string of the molecule is COC(=O)c1cnc(CCCCc2cccnc2)cn1. The molecule has 0 unspecified atom stereocenters. The fourth-order valence-corrected chi connectivity index (χ4v) is 1.88. The Bertz CT molecular complexity index is 541. The van der Waals surface area contributed by atoms with Gasteiger partial charge in [0, 0.05) is 18.6 Å². The molecule has 0 aliphatic heterocycles. The molecule has 0 amide bonds. The van der Waals surface area contributed by atoms with Crippen LogP contribution in [0.2, 0.25) is 0 Å². The predicted molar refractivity (Wildman–Crippen MR) is 74.3 cm³/mol. The van der Waals surface area contributed by atoms with Crippen LogP contribution in [-0.2, 0) is 17.6 Å². The summed E-state index contributed by atoms with van der Waals surface area (Å²) in [5.41, 5.74) is 2.38. The molecule has 0 aromatic carbocycles. The molecule has 0 aliphatic carbocycles. The first kappa shape index (κ1) is 14.1. The third kappa shape index (κ3) is 4.12. The molecule has 5 heteroatoms. The maximum absolute atomic E-state index is 11.2. The minimum atomic E-state index is -0.458. The number of aromatic nitrogens is 3. The molecule has 2 heterocycles. The Morgan fingerprint density at radius 1 is 1.15 bits per heavy atom. The first-order chi connectivity index (χ1) is 9.79. The van der Waals surface area contributed by atoms with Gasteiger partial charge in [-0.3, -0.25) is 9.97 Å². The van der Waals surface area contributed by atoms with E-state index in [1.807, 2.05) is 12.3 Å². The molecular weight excluding hydrogens is 254 g/mol. The Labute approximate surface area is 118 Å². The van der Waals surface area contributed by atoms with Crippen molar-refractivity contribution in [3.05, 3.63) is 53.9 Å². The van der Waals surface area contributed by atoms with Crippen LogP contribution in [0.3, 0.4) is 0 Å². The van der Waals surface area contributed by atoms with Gasteiger partial charge in [-0.15, -0.1) is 0 Å². The second-order valence-corrected chi connectivity index (χ2v) is 4.45. The fraction of sp³-hybridized carbons (Fsp3) is 0.333. The largest absolute Gasteiger partial charge is 0.464 e. The Kier molecular flexibility index (Phi) is 5.17. The van der Waals surface area contributed by atoms with E-state index in [0.717, 1.165) is 31.4 Å². The van der Waals surface area contributed by atoms with Crippen LogP contribution in [0, 0.1) is 0 Å². The van der Waals surface area contributed by atoms with Crippen LogP contribution in [0.15, 0.2) is 36.9 Å².